The summed E-state index contributed by atoms with van der Waals surface area (Å²) in [5, 5.41) is 5.48. The molecule has 0 radical (unpaired) electrons. The number of rotatable bonds is 10. The van der Waals surface area contributed by atoms with Gasteiger partial charge in [0, 0.05) is 42.0 Å². The molecule has 0 aliphatic carbocycles. The molecule has 1 aliphatic heterocycles. The minimum absolute atomic E-state index is 0.0383. The van der Waals surface area contributed by atoms with Crippen molar-refractivity contribution in [3.63, 3.8) is 0 Å². The van der Waals surface area contributed by atoms with Crippen LogP contribution in [0.2, 0.25) is 5.02 Å². The number of carbonyl (C=O) groups is 3. The number of hydrogen-bond donors (Lipinski definition) is 1. The van der Waals surface area contributed by atoms with Gasteiger partial charge in [0.1, 0.15) is 6.04 Å². The van der Waals surface area contributed by atoms with Crippen molar-refractivity contribution in [1.82, 2.24) is 10.2 Å². The molecule has 188 valence electrons. The summed E-state index contributed by atoms with van der Waals surface area (Å²) in [5.41, 5.74) is 2.37. The molecular weight excluding hydrogens is 474 g/mol. The van der Waals surface area contributed by atoms with Crippen LogP contribution in [-0.4, -0.2) is 41.8 Å². The lowest BCUT2D eigenvalue weighted by Gasteiger charge is -2.29. The van der Waals surface area contributed by atoms with E-state index in [0.717, 1.165) is 22.0 Å². The monoisotopic (exact) mass is 505 g/mol. The first-order chi connectivity index (χ1) is 17.3. The Balaban J connectivity index is 1.46. The summed E-state index contributed by atoms with van der Waals surface area (Å²) < 4.78 is 0. The van der Waals surface area contributed by atoms with E-state index in [0.29, 0.717) is 36.0 Å². The number of anilines is 1. The third-order valence-electron chi connectivity index (χ3n) is 6.57. The van der Waals surface area contributed by atoms with Crippen LogP contribution in [0.15, 0.2) is 60.7 Å². The van der Waals surface area contributed by atoms with Crippen molar-refractivity contribution in [2.45, 2.75) is 46.2 Å². The Bertz CT molecular complexity index is 1280. The Morgan fingerprint density at radius 3 is 2.44 bits per heavy atom. The SMILES string of the molecule is CC(C)CNC(=O)[C@H](C)N(Cc1ccccc1Cl)C(=O)CCCN1C(=O)c2cccc3cccc1c23. The van der Waals surface area contributed by atoms with Crippen LogP contribution in [0.3, 0.4) is 0 Å². The molecule has 1 aliphatic rings. The van der Waals surface area contributed by atoms with Crippen LogP contribution in [-0.2, 0) is 16.1 Å². The van der Waals surface area contributed by atoms with Crippen LogP contribution in [0.5, 0.6) is 0 Å². The topological polar surface area (TPSA) is 69.7 Å². The zero-order valence-corrected chi connectivity index (χ0v) is 21.7. The van der Waals surface area contributed by atoms with Gasteiger partial charge in [0.25, 0.3) is 5.91 Å². The maximum absolute atomic E-state index is 13.4. The van der Waals surface area contributed by atoms with E-state index in [2.05, 4.69) is 5.32 Å². The van der Waals surface area contributed by atoms with Gasteiger partial charge in [-0.05, 0) is 48.4 Å². The molecule has 6 nitrogen and oxygen atoms in total. The lowest BCUT2D eigenvalue weighted by molar-refractivity contribution is -0.140. The molecule has 0 fully saturated rings. The first-order valence-electron chi connectivity index (χ1n) is 12.4. The number of benzene rings is 3. The number of carbonyl (C=O) groups excluding carboxylic acids is 3. The Labute approximate surface area is 217 Å². The summed E-state index contributed by atoms with van der Waals surface area (Å²) in [5.74, 6) is -0.0746. The van der Waals surface area contributed by atoms with Crippen molar-refractivity contribution in [1.29, 1.82) is 0 Å². The lowest BCUT2D eigenvalue weighted by atomic mass is 10.1. The van der Waals surface area contributed by atoms with Crippen molar-refractivity contribution in [3.05, 3.63) is 76.8 Å². The van der Waals surface area contributed by atoms with E-state index in [1.807, 2.05) is 68.4 Å². The number of amides is 3. The number of hydrogen-bond acceptors (Lipinski definition) is 3. The third kappa shape index (κ3) is 5.39. The van der Waals surface area contributed by atoms with E-state index in [1.54, 1.807) is 22.8 Å². The van der Waals surface area contributed by atoms with Gasteiger partial charge in [-0.25, -0.2) is 0 Å². The smallest absolute Gasteiger partial charge is 0.258 e. The van der Waals surface area contributed by atoms with Crippen LogP contribution in [0, 0.1) is 5.92 Å². The Morgan fingerprint density at radius 1 is 1.00 bits per heavy atom. The Kier molecular flexibility index (Phi) is 7.94. The highest BCUT2D eigenvalue weighted by Crippen LogP contribution is 2.37. The lowest BCUT2D eigenvalue weighted by Crippen LogP contribution is -2.48. The average molecular weight is 506 g/mol. The van der Waals surface area contributed by atoms with Gasteiger partial charge in [-0.2, -0.15) is 0 Å². The van der Waals surface area contributed by atoms with Gasteiger partial charge in [-0.15, -0.1) is 0 Å². The highest BCUT2D eigenvalue weighted by Gasteiger charge is 2.30. The van der Waals surface area contributed by atoms with Gasteiger partial charge in [-0.1, -0.05) is 67.9 Å². The van der Waals surface area contributed by atoms with E-state index in [4.69, 9.17) is 11.6 Å². The van der Waals surface area contributed by atoms with Crippen molar-refractivity contribution in [2.24, 2.45) is 5.92 Å². The molecule has 4 rings (SSSR count). The van der Waals surface area contributed by atoms with Gasteiger partial charge in [-0.3, -0.25) is 14.4 Å². The first kappa shape index (κ1) is 25.7. The van der Waals surface area contributed by atoms with Crippen molar-refractivity contribution in [2.75, 3.05) is 18.0 Å². The Hall–Kier alpha value is -3.38. The minimum atomic E-state index is -0.654. The summed E-state index contributed by atoms with van der Waals surface area (Å²) in [4.78, 5) is 42.6. The molecule has 3 aromatic rings. The molecule has 0 aromatic heterocycles. The van der Waals surface area contributed by atoms with Gasteiger partial charge in [0.15, 0.2) is 0 Å². The van der Waals surface area contributed by atoms with E-state index in [1.165, 1.54) is 0 Å². The highest BCUT2D eigenvalue weighted by atomic mass is 35.5. The quantitative estimate of drug-likeness (QED) is 0.400. The third-order valence-corrected chi connectivity index (χ3v) is 6.94. The fraction of sp³-hybridized carbons (Fsp3) is 0.345. The van der Waals surface area contributed by atoms with Gasteiger partial charge >= 0.3 is 0 Å². The van der Waals surface area contributed by atoms with Crippen molar-refractivity contribution in [3.8, 4) is 0 Å². The molecule has 1 atom stereocenters. The van der Waals surface area contributed by atoms with Gasteiger partial charge < -0.3 is 15.1 Å². The summed E-state index contributed by atoms with van der Waals surface area (Å²) >= 11 is 6.37. The van der Waals surface area contributed by atoms with Gasteiger partial charge in [0.2, 0.25) is 11.8 Å². The molecule has 0 saturated carbocycles. The maximum atomic E-state index is 13.4. The van der Waals surface area contributed by atoms with Crippen molar-refractivity contribution >= 4 is 45.8 Å². The first-order valence-corrected chi connectivity index (χ1v) is 12.8. The maximum Gasteiger partial charge on any atom is 0.258 e. The van der Waals surface area contributed by atoms with Gasteiger partial charge in [0.05, 0.1) is 5.69 Å². The van der Waals surface area contributed by atoms with Crippen LogP contribution in [0.4, 0.5) is 5.69 Å². The van der Waals surface area contributed by atoms with Crippen LogP contribution in [0.25, 0.3) is 10.8 Å². The standard InChI is InChI=1S/C29H32ClN3O3/c1-19(2)17-31-28(35)20(3)33(18-22-9-4-5-13-24(22)30)26(34)15-8-16-32-25-14-7-11-21-10-6-12-23(27(21)25)29(32)36/h4-7,9-14,19-20H,8,15-18H2,1-3H3,(H,31,35)/t20-/m0/s1. The van der Waals surface area contributed by atoms with Crippen LogP contribution >= 0.6 is 11.6 Å². The molecule has 0 bridgehead atoms. The van der Waals surface area contributed by atoms with E-state index < -0.39 is 6.04 Å². The van der Waals surface area contributed by atoms with Crippen LogP contribution < -0.4 is 10.2 Å². The summed E-state index contributed by atoms with van der Waals surface area (Å²) in [7, 11) is 0. The molecule has 3 aromatic carbocycles. The fourth-order valence-electron chi connectivity index (χ4n) is 4.58. The predicted molar refractivity (Wildman–Crippen MR) is 144 cm³/mol. The second-order valence-electron chi connectivity index (χ2n) is 9.67. The molecule has 1 N–H and O–H groups in total. The number of nitrogens with one attached hydrogen (secondary N) is 1. The highest BCUT2D eigenvalue weighted by molar-refractivity contribution is 6.31. The van der Waals surface area contributed by atoms with E-state index in [9.17, 15) is 14.4 Å². The average Bonchev–Trinajstić information content (AvgIpc) is 3.14. The van der Waals surface area contributed by atoms with Crippen LogP contribution in [0.1, 0.15) is 49.5 Å². The molecule has 0 spiro atoms. The fourth-order valence-corrected chi connectivity index (χ4v) is 4.77. The predicted octanol–water partition coefficient (Wildman–Crippen LogP) is 5.42. The number of nitrogens with zero attached hydrogens (tertiary/aromatic N) is 2. The Morgan fingerprint density at radius 2 is 1.72 bits per heavy atom. The molecule has 0 unspecified atom stereocenters. The summed E-state index contributed by atoms with van der Waals surface area (Å²) in [6.45, 7) is 6.99. The second kappa shape index (κ2) is 11.1. The second-order valence-corrected chi connectivity index (χ2v) is 10.1. The molecular formula is C29H32ClN3O3. The van der Waals surface area contributed by atoms with Crippen molar-refractivity contribution < 1.29 is 14.4 Å². The molecule has 7 heteroatoms. The normalized spacial score (nSPS) is 13.4. The number of halogens is 1. The molecule has 0 saturated heterocycles. The molecule has 1 heterocycles. The summed E-state index contributed by atoms with van der Waals surface area (Å²) in [6, 6.07) is 18.3. The largest absolute Gasteiger partial charge is 0.354 e. The van der Waals surface area contributed by atoms with E-state index in [-0.39, 0.29) is 30.7 Å². The van der Waals surface area contributed by atoms with E-state index >= 15 is 0 Å². The molecule has 36 heavy (non-hydrogen) atoms. The minimum Gasteiger partial charge on any atom is -0.354 e. The summed E-state index contributed by atoms with van der Waals surface area (Å²) in [6.07, 6.45) is 0.691. The zero-order chi connectivity index (χ0) is 25.8. The molecule has 3 amide bonds. The zero-order valence-electron chi connectivity index (χ0n) is 21.0.